The van der Waals surface area contributed by atoms with E-state index in [4.69, 9.17) is 0 Å². The summed E-state index contributed by atoms with van der Waals surface area (Å²) >= 11 is 4.84. The molecule has 1 saturated heterocycles. The van der Waals surface area contributed by atoms with E-state index < -0.39 is 0 Å². The summed E-state index contributed by atoms with van der Waals surface area (Å²) in [5.41, 5.74) is 0.770. The number of carbonyl (C=O) groups is 2. The second-order valence-electron chi connectivity index (χ2n) is 5.57. The Morgan fingerprint density at radius 3 is 2.87 bits per heavy atom. The van der Waals surface area contributed by atoms with E-state index in [2.05, 4.69) is 21.2 Å². The fraction of sp³-hybridized carbons (Fsp3) is 0.294. The van der Waals surface area contributed by atoms with Gasteiger partial charge in [0, 0.05) is 23.2 Å². The third-order valence-electron chi connectivity index (χ3n) is 3.90. The molecule has 0 spiro atoms. The minimum Gasteiger partial charge on any atom is -0.337 e. The first-order valence-electron chi connectivity index (χ1n) is 7.52. The molecule has 6 heteroatoms. The highest BCUT2D eigenvalue weighted by Gasteiger charge is 2.29. The molecule has 0 radical (unpaired) electrons. The van der Waals surface area contributed by atoms with Gasteiger partial charge in [0.05, 0.1) is 10.8 Å². The number of carbonyl (C=O) groups excluding carboxylic acids is 2. The van der Waals surface area contributed by atoms with Crippen LogP contribution in [0.2, 0.25) is 0 Å². The first-order chi connectivity index (χ1) is 11.1. The Balaban J connectivity index is 1.64. The molecular formula is C17H17BrN2O2S. The Hall–Kier alpha value is -1.66. The van der Waals surface area contributed by atoms with Crippen molar-refractivity contribution < 1.29 is 9.59 Å². The van der Waals surface area contributed by atoms with Crippen molar-refractivity contribution in [3.63, 3.8) is 0 Å². The number of benzene rings is 1. The summed E-state index contributed by atoms with van der Waals surface area (Å²) in [7, 11) is 0. The van der Waals surface area contributed by atoms with Crippen LogP contribution in [0.15, 0.2) is 46.3 Å². The number of thiophene rings is 1. The van der Waals surface area contributed by atoms with E-state index in [0.717, 1.165) is 34.4 Å². The van der Waals surface area contributed by atoms with Crippen LogP contribution in [0.4, 0.5) is 5.69 Å². The maximum atomic E-state index is 12.5. The summed E-state index contributed by atoms with van der Waals surface area (Å²) in [6.45, 7) is 1.20. The van der Waals surface area contributed by atoms with Crippen LogP contribution in [0.5, 0.6) is 0 Å². The molecule has 23 heavy (non-hydrogen) atoms. The van der Waals surface area contributed by atoms with Crippen molar-refractivity contribution in [2.24, 2.45) is 5.92 Å². The highest BCUT2D eigenvalue weighted by molar-refractivity contribution is 9.10. The average Bonchev–Trinajstić information content (AvgIpc) is 3.09. The van der Waals surface area contributed by atoms with Crippen LogP contribution in [0, 0.1) is 5.92 Å². The van der Waals surface area contributed by atoms with Crippen molar-refractivity contribution in [1.82, 2.24) is 4.90 Å². The van der Waals surface area contributed by atoms with Crippen LogP contribution in [0.1, 0.15) is 22.5 Å². The molecule has 1 fully saturated rings. The standard InChI is InChI=1S/C17H17BrN2O2S/c18-13-5-1-6-14(10-13)19-16(21)12-4-2-8-20(11-12)17(22)15-7-3-9-23-15/h1,3,5-7,9-10,12H,2,4,8,11H2,(H,19,21)/t12-/m0/s1. The number of nitrogens with zero attached hydrogens (tertiary/aromatic N) is 1. The predicted molar refractivity (Wildman–Crippen MR) is 95.7 cm³/mol. The summed E-state index contributed by atoms with van der Waals surface area (Å²) in [6, 6.07) is 11.2. The van der Waals surface area contributed by atoms with Gasteiger partial charge in [0.15, 0.2) is 0 Å². The van der Waals surface area contributed by atoms with Crippen molar-refractivity contribution in [3.05, 3.63) is 51.1 Å². The molecule has 2 heterocycles. The largest absolute Gasteiger partial charge is 0.337 e. The minimum atomic E-state index is -0.161. The lowest BCUT2D eigenvalue weighted by molar-refractivity contribution is -0.121. The SMILES string of the molecule is O=C(Nc1cccc(Br)c1)[C@H]1CCCN(C(=O)c2cccs2)C1. The number of rotatable bonds is 3. The molecule has 1 atom stereocenters. The van der Waals surface area contributed by atoms with E-state index in [9.17, 15) is 9.59 Å². The van der Waals surface area contributed by atoms with Gasteiger partial charge in [0.2, 0.25) is 5.91 Å². The fourth-order valence-corrected chi connectivity index (χ4v) is 3.83. The number of amides is 2. The van der Waals surface area contributed by atoms with Crippen molar-refractivity contribution in [3.8, 4) is 0 Å². The quantitative estimate of drug-likeness (QED) is 0.857. The van der Waals surface area contributed by atoms with Gasteiger partial charge in [-0.25, -0.2) is 0 Å². The molecule has 1 aromatic carbocycles. The topological polar surface area (TPSA) is 49.4 Å². The van der Waals surface area contributed by atoms with Crippen molar-refractivity contribution in [2.75, 3.05) is 18.4 Å². The molecule has 4 nitrogen and oxygen atoms in total. The van der Waals surface area contributed by atoms with Gasteiger partial charge >= 0.3 is 0 Å². The molecule has 120 valence electrons. The maximum Gasteiger partial charge on any atom is 0.263 e. The number of likely N-dealkylation sites (tertiary alicyclic amines) is 1. The van der Waals surface area contributed by atoms with Crippen molar-refractivity contribution >= 4 is 44.8 Å². The van der Waals surface area contributed by atoms with Gasteiger partial charge in [0.1, 0.15) is 0 Å². The molecule has 1 N–H and O–H groups in total. The van der Waals surface area contributed by atoms with E-state index in [-0.39, 0.29) is 17.7 Å². The molecule has 1 aromatic heterocycles. The summed E-state index contributed by atoms with van der Waals surface area (Å²) in [4.78, 5) is 27.4. The van der Waals surface area contributed by atoms with E-state index in [1.54, 1.807) is 4.90 Å². The van der Waals surface area contributed by atoms with Crippen LogP contribution in [-0.2, 0) is 4.79 Å². The smallest absolute Gasteiger partial charge is 0.263 e. The number of nitrogens with one attached hydrogen (secondary N) is 1. The van der Waals surface area contributed by atoms with Crippen molar-refractivity contribution in [1.29, 1.82) is 0 Å². The van der Waals surface area contributed by atoms with Gasteiger partial charge in [-0.2, -0.15) is 0 Å². The van der Waals surface area contributed by atoms with Crippen LogP contribution in [0.3, 0.4) is 0 Å². The number of hydrogen-bond donors (Lipinski definition) is 1. The fourth-order valence-electron chi connectivity index (χ4n) is 2.74. The monoisotopic (exact) mass is 392 g/mol. The zero-order valence-electron chi connectivity index (χ0n) is 12.5. The van der Waals surface area contributed by atoms with Gasteiger partial charge in [-0.05, 0) is 42.5 Å². The average molecular weight is 393 g/mol. The zero-order chi connectivity index (χ0) is 16.2. The maximum absolute atomic E-state index is 12.5. The highest BCUT2D eigenvalue weighted by Crippen LogP contribution is 2.23. The van der Waals surface area contributed by atoms with Crippen LogP contribution >= 0.6 is 27.3 Å². The molecule has 2 amide bonds. The molecule has 0 saturated carbocycles. The Kier molecular flexibility index (Phi) is 5.13. The van der Waals surface area contributed by atoms with Gasteiger partial charge in [-0.15, -0.1) is 11.3 Å². The van der Waals surface area contributed by atoms with Gasteiger partial charge in [-0.3, -0.25) is 9.59 Å². The third-order valence-corrected chi connectivity index (χ3v) is 5.25. The zero-order valence-corrected chi connectivity index (χ0v) is 14.9. The number of piperidine rings is 1. The van der Waals surface area contributed by atoms with Gasteiger partial charge in [-0.1, -0.05) is 28.1 Å². The summed E-state index contributed by atoms with van der Waals surface area (Å²) in [6.07, 6.45) is 1.67. The first-order valence-corrected chi connectivity index (χ1v) is 9.20. The second kappa shape index (κ2) is 7.27. The van der Waals surface area contributed by atoms with Crippen molar-refractivity contribution in [2.45, 2.75) is 12.8 Å². The van der Waals surface area contributed by atoms with Crippen LogP contribution in [0.25, 0.3) is 0 Å². The summed E-state index contributed by atoms with van der Waals surface area (Å²) < 4.78 is 0.924. The molecule has 1 aliphatic heterocycles. The molecule has 1 aliphatic rings. The normalized spacial score (nSPS) is 17.8. The summed E-state index contributed by atoms with van der Waals surface area (Å²) in [5.74, 6) is -0.154. The molecular weight excluding hydrogens is 376 g/mol. The lowest BCUT2D eigenvalue weighted by Crippen LogP contribution is -2.43. The third kappa shape index (κ3) is 4.00. The van der Waals surface area contributed by atoms with E-state index in [1.807, 2.05) is 41.8 Å². The Bertz CT molecular complexity index is 702. The second-order valence-corrected chi connectivity index (χ2v) is 7.43. The van der Waals surface area contributed by atoms with Gasteiger partial charge < -0.3 is 10.2 Å². The lowest BCUT2D eigenvalue weighted by Gasteiger charge is -2.31. The molecule has 0 unspecified atom stereocenters. The number of hydrogen-bond acceptors (Lipinski definition) is 3. The predicted octanol–water partition coefficient (Wildman–Crippen LogP) is 4.00. The van der Waals surface area contributed by atoms with E-state index in [0.29, 0.717) is 6.54 Å². The minimum absolute atomic E-state index is 0.0215. The number of anilines is 1. The lowest BCUT2D eigenvalue weighted by atomic mass is 9.97. The Morgan fingerprint density at radius 2 is 2.13 bits per heavy atom. The Labute approximate surface area is 147 Å². The van der Waals surface area contributed by atoms with Crippen LogP contribution in [-0.4, -0.2) is 29.8 Å². The van der Waals surface area contributed by atoms with E-state index in [1.165, 1.54) is 11.3 Å². The molecule has 3 rings (SSSR count). The molecule has 0 aliphatic carbocycles. The summed E-state index contributed by atoms with van der Waals surface area (Å²) in [5, 5.41) is 4.84. The van der Waals surface area contributed by atoms with Crippen LogP contribution < -0.4 is 5.32 Å². The van der Waals surface area contributed by atoms with Gasteiger partial charge in [0.25, 0.3) is 5.91 Å². The number of halogens is 1. The molecule has 2 aromatic rings. The van der Waals surface area contributed by atoms with E-state index >= 15 is 0 Å². The Morgan fingerprint density at radius 1 is 1.26 bits per heavy atom. The molecule has 0 bridgehead atoms. The first kappa shape index (κ1) is 16.2. The highest BCUT2D eigenvalue weighted by atomic mass is 79.9.